The van der Waals surface area contributed by atoms with Crippen LogP contribution >= 0.6 is 0 Å². The number of hydrogen-bond donors (Lipinski definition) is 2. The molecule has 0 radical (unpaired) electrons. The number of pyridine rings is 1. The van der Waals surface area contributed by atoms with E-state index in [0.29, 0.717) is 24.2 Å². The van der Waals surface area contributed by atoms with E-state index in [0.717, 1.165) is 5.56 Å². The van der Waals surface area contributed by atoms with Crippen LogP contribution in [0, 0.1) is 0 Å². The fourth-order valence-electron chi connectivity index (χ4n) is 2.41. The van der Waals surface area contributed by atoms with Gasteiger partial charge in [0.05, 0.1) is 11.2 Å². The molecule has 0 unspecified atom stereocenters. The molecule has 1 aliphatic rings. The molecule has 1 aliphatic heterocycles. The Labute approximate surface area is 155 Å². The van der Waals surface area contributed by atoms with Gasteiger partial charge in [0, 0.05) is 18.2 Å². The van der Waals surface area contributed by atoms with Crippen molar-refractivity contribution in [3.05, 3.63) is 17.8 Å². The van der Waals surface area contributed by atoms with Crippen LogP contribution in [0.25, 0.3) is 0 Å². The van der Waals surface area contributed by atoms with Crippen LogP contribution in [0.5, 0.6) is 0 Å². The van der Waals surface area contributed by atoms with Crippen LogP contribution in [0.4, 0.5) is 10.6 Å². The first-order chi connectivity index (χ1) is 11.7. The molecule has 2 rings (SSSR count). The summed E-state index contributed by atoms with van der Waals surface area (Å²) >= 11 is 0. The summed E-state index contributed by atoms with van der Waals surface area (Å²) in [5, 5.41) is 20.6. The fourth-order valence-corrected chi connectivity index (χ4v) is 2.41. The Morgan fingerprint density at radius 2 is 1.85 bits per heavy atom. The SMILES string of the molecule is CC(C)(C)OC(=O)N1CCc2cc(B(O)OC(C)(C)C(C)(C)O)cnc21. The maximum absolute atomic E-state index is 12.3. The second-order valence-electron chi connectivity index (χ2n) is 8.67. The Hall–Kier alpha value is -1.64. The summed E-state index contributed by atoms with van der Waals surface area (Å²) in [6, 6.07) is 1.78. The highest BCUT2D eigenvalue weighted by Gasteiger charge is 2.40. The minimum atomic E-state index is -1.23. The molecule has 2 N–H and O–H groups in total. The minimum absolute atomic E-state index is 0.434. The molecular formula is C18H29BN2O5. The Balaban J connectivity index is 2.16. The van der Waals surface area contributed by atoms with Gasteiger partial charge in [0.1, 0.15) is 11.4 Å². The molecule has 2 heterocycles. The zero-order valence-electron chi connectivity index (χ0n) is 16.7. The number of aromatic nitrogens is 1. The van der Waals surface area contributed by atoms with E-state index < -0.39 is 30.0 Å². The smallest absolute Gasteiger partial charge is 0.443 e. The maximum atomic E-state index is 12.3. The van der Waals surface area contributed by atoms with Crippen LogP contribution in [0.2, 0.25) is 0 Å². The summed E-state index contributed by atoms with van der Waals surface area (Å²) in [4.78, 5) is 18.1. The van der Waals surface area contributed by atoms with Gasteiger partial charge in [-0.3, -0.25) is 4.90 Å². The number of nitrogens with zero attached hydrogens (tertiary/aromatic N) is 2. The van der Waals surface area contributed by atoms with Gasteiger partial charge in [0.25, 0.3) is 0 Å². The molecule has 0 saturated heterocycles. The van der Waals surface area contributed by atoms with E-state index in [4.69, 9.17) is 9.39 Å². The van der Waals surface area contributed by atoms with E-state index in [1.165, 1.54) is 11.1 Å². The Kier molecular flexibility index (Phi) is 5.43. The summed E-state index contributed by atoms with van der Waals surface area (Å²) in [7, 11) is -1.23. The van der Waals surface area contributed by atoms with Crippen LogP contribution in [0.1, 0.15) is 54.0 Å². The third-order valence-corrected chi connectivity index (χ3v) is 4.60. The van der Waals surface area contributed by atoms with Crippen LogP contribution in [0.15, 0.2) is 12.3 Å². The molecule has 7 nitrogen and oxygen atoms in total. The maximum Gasteiger partial charge on any atom is 0.493 e. The summed E-state index contributed by atoms with van der Waals surface area (Å²) < 4.78 is 11.1. The molecule has 0 atom stereocenters. The van der Waals surface area contributed by atoms with Crippen molar-refractivity contribution in [1.82, 2.24) is 4.98 Å². The summed E-state index contributed by atoms with van der Waals surface area (Å²) in [6.45, 7) is 12.6. The largest absolute Gasteiger partial charge is 0.493 e. The van der Waals surface area contributed by atoms with Crippen LogP contribution in [0.3, 0.4) is 0 Å². The van der Waals surface area contributed by atoms with Gasteiger partial charge in [0.15, 0.2) is 0 Å². The van der Waals surface area contributed by atoms with Gasteiger partial charge in [-0.15, -0.1) is 0 Å². The second-order valence-corrected chi connectivity index (χ2v) is 8.67. The predicted octanol–water partition coefficient (Wildman–Crippen LogP) is 1.63. The first kappa shape index (κ1) is 20.7. The molecule has 0 saturated carbocycles. The standard InChI is InChI=1S/C18H29BN2O5/c1-16(2,3)25-15(22)21-9-8-12-10-13(11-20-14(12)21)19(24)26-18(6,7)17(4,5)23/h10-11,23-24H,8-9H2,1-7H3. The lowest BCUT2D eigenvalue weighted by Gasteiger charge is -2.38. The van der Waals surface area contributed by atoms with Crippen molar-refractivity contribution in [2.45, 2.75) is 71.7 Å². The predicted molar refractivity (Wildman–Crippen MR) is 101 cm³/mol. The van der Waals surface area contributed by atoms with E-state index in [-0.39, 0.29) is 0 Å². The molecule has 0 aromatic carbocycles. The molecule has 144 valence electrons. The molecule has 0 spiro atoms. The number of rotatable bonds is 4. The molecule has 26 heavy (non-hydrogen) atoms. The molecule has 0 bridgehead atoms. The molecule has 1 aromatic heterocycles. The van der Waals surface area contributed by atoms with Gasteiger partial charge >= 0.3 is 13.2 Å². The average Bonchev–Trinajstić information content (AvgIpc) is 2.86. The molecule has 1 amide bonds. The highest BCUT2D eigenvalue weighted by Crippen LogP contribution is 2.28. The number of hydrogen-bond acceptors (Lipinski definition) is 6. The van der Waals surface area contributed by atoms with Crippen molar-refractivity contribution in [2.75, 3.05) is 11.4 Å². The lowest BCUT2D eigenvalue weighted by Crippen LogP contribution is -2.53. The highest BCUT2D eigenvalue weighted by molar-refractivity contribution is 6.60. The molecular weight excluding hydrogens is 335 g/mol. The number of anilines is 1. The number of ether oxygens (including phenoxy) is 1. The van der Waals surface area contributed by atoms with Crippen molar-refractivity contribution < 1.29 is 24.3 Å². The third-order valence-electron chi connectivity index (χ3n) is 4.60. The van der Waals surface area contributed by atoms with Crippen molar-refractivity contribution in [3.63, 3.8) is 0 Å². The van der Waals surface area contributed by atoms with E-state index >= 15 is 0 Å². The lowest BCUT2D eigenvalue weighted by atomic mass is 9.77. The first-order valence-corrected chi connectivity index (χ1v) is 8.79. The van der Waals surface area contributed by atoms with Crippen LogP contribution in [-0.4, -0.2) is 51.7 Å². The monoisotopic (exact) mass is 364 g/mol. The molecule has 8 heteroatoms. The van der Waals surface area contributed by atoms with Crippen LogP contribution < -0.4 is 10.4 Å². The van der Waals surface area contributed by atoms with Gasteiger partial charge in [-0.05, 0) is 60.5 Å². The number of amides is 1. The Bertz CT molecular complexity index is 679. The number of aliphatic hydroxyl groups is 1. The van der Waals surface area contributed by atoms with Gasteiger partial charge < -0.3 is 19.5 Å². The van der Waals surface area contributed by atoms with Gasteiger partial charge in [-0.2, -0.15) is 0 Å². The lowest BCUT2D eigenvalue weighted by molar-refractivity contribution is -0.0982. The zero-order chi connectivity index (χ0) is 19.9. The second kappa shape index (κ2) is 6.83. The molecule has 0 fully saturated rings. The molecule has 0 aliphatic carbocycles. The topological polar surface area (TPSA) is 92.1 Å². The minimum Gasteiger partial charge on any atom is -0.443 e. The van der Waals surface area contributed by atoms with Crippen molar-refractivity contribution >= 4 is 24.5 Å². The Morgan fingerprint density at radius 1 is 1.23 bits per heavy atom. The Morgan fingerprint density at radius 3 is 2.38 bits per heavy atom. The summed E-state index contributed by atoms with van der Waals surface area (Å²) in [5.74, 6) is 0.539. The first-order valence-electron chi connectivity index (χ1n) is 8.79. The fraction of sp³-hybridized carbons (Fsp3) is 0.667. The summed E-state index contributed by atoms with van der Waals surface area (Å²) in [5.41, 5.74) is -1.35. The average molecular weight is 364 g/mol. The normalized spacial score (nSPS) is 15.0. The zero-order valence-corrected chi connectivity index (χ0v) is 16.7. The van der Waals surface area contributed by atoms with Gasteiger partial charge in [0.2, 0.25) is 0 Å². The van der Waals surface area contributed by atoms with Gasteiger partial charge in [-0.1, -0.05) is 6.07 Å². The van der Waals surface area contributed by atoms with Crippen molar-refractivity contribution in [3.8, 4) is 0 Å². The van der Waals surface area contributed by atoms with Crippen molar-refractivity contribution in [2.24, 2.45) is 0 Å². The van der Waals surface area contributed by atoms with E-state index in [2.05, 4.69) is 4.98 Å². The van der Waals surface area contributed by atoms with Crippen molar-refractivity contribution in [1.29, 1.82) is 0 Å². The third kappa shape index (κ3) is 4.55. The molecule has 1 aromatic rings. The highest BCUT2D eigenvalue weighted by atomic mass is 16.6. The number of carbonyl (C=O) groups is 1. The van der Waals surface area contributed by atoms with E-state index in [9.17, 15) is 14.9 Å². The quantitative estimate of drug-likeness (QED) is 0.789. The number of fused-ring (bicyclic) bond motifs is 1. The van der Waals surface area contributed by atoms with Crippen LogP contribution in [-0.2, 0) is 15.8 Å². The van der Waals surface area contributed by atoms with E-state index in [1.807, 2.05) is 20.8 Å². The van der Waals surface area contributed by atoms with E-state index in [1.54, 1.807) is 33.8 Å². The van der Waals surface area contributed by atoms with Gasteiger partial charge in [-0.25, -0.2) is 9.78 Å². The summed E-state index contributed by atoms with van der Waals surface area (Å²) in [6.07, 6.45) is 1.67. The number of carbonyl (C=O) groups excluding carboxylic acids is 1.